The molecule has 0 spiro atoms. The monoisotopic (exact) mass is 474 g/mol. The summed E-state index contributed by atoms with van der Waals surface area (Å²) in [6, 6.07) is 9.62. The number of imidazole rings is 1. The molecule has 0 N–H and O–H groups in total. The van der Waals surface area contributed by atoms with Gasteiger partial charge in [0, 0.05) is 49.6 Å². The number of benzene rings is 1. The van der Waals surface area contributed by atoms with Crippen LogP contribution < -0.4 is 0 Å². The average molecular weight is 475 g/mol. The molecule has 0 bridgehead atoms. The summed E-state index contributed by atoms with van der Waals surface area (Å²) in [5.74, 6) is 0. The molecule has 1 aliphatic heterocycles. The Hall–Kier alpha value is -1.74. The van der Waals surface area contributed by atoms with Gasteiger partial charge in [-0.15, -0.1) is 0 Å². The van der Waals surface area contributed by atoms with Gasteiger partial charge < -0.3 is 4.40 Å². The van der Waals surface area contributed by atoms with Gasteiger partial charge in [-0.1, -0.05) is 6.07 Å². The van der Waals surface area contributed by atoms with Gasteiger partial charge in [0.2, 0.25) is 10.0 Å². The van der Waals surface area contributed by atoms with E-state index in [9.17, 15) is 8.42 Å². The predicted molar refractivity (Wildman–Crippen MR) is 115 cm³/mol. The van der Waals surface area contributed by atoms with Crippen molar-refractivity contribution in [1.29, 1.82) is 0 Å². The van der Waals surface area contributed by atoms with Crippen LogP contribution in [0.25, 0.3) is 5.65 Å². The Kier molecular flexibility index (Phi) is 4.98. The maximum atomic E-state index is 13.1. The van der Waals surface area contributed by atoms with Gasteiger partial charge in [0.15, 0.2) is 0 Å². The lowest BCUT2D eigenvalue weighted by Gasteiger charge is -2.33. The SMILES string of the molecule is O=S(=O)(c1ccc2c(c1)CCC2)N1CCN(Cc2cn3cc(Br)ccc3n2)CC1. The molecule has 0 radical (unpaired) electrons. The number of hydrogen-bond acceptors (Lipinski definition) is 4. The van der Waals surface area contributed by atoms with Gasteiger partial charge in [0.25, 0.3) is 0 Å². The molecular weight excluding hydrogens is 452 g/mol. The fraction of sp³-hybridized carbons (Fsp3) is 0.381. The standard InChI is InChI=1S/C21H23BrN4O2S/c22-18-5-7-21-23-19(15-25(21)13-18)14-24-8-10-26(11-9-24)29(27,28)20-6-4-16-2-1-3-17(16)12-20/h4-7,12-13,15H,1-3,8-11,14H2. The maximum absolute atomic E-state index is 13.1. The van der Waals surface area contributed by atoms with Gasteiger partial charge in [-0.05, 0) is 70.6 Å². The minimum Gasteiger partial charge on any atom is -0.306 e. The topological polar surface area (TPSA) is 57.9 Å². The van der Waals surface area contributed by atoms with Gasteiger partial charge in [0.1, 0.15) is 5.65 Å². The van der Waals surface area contributed by atoms with E-state index in [4.69, 9.17) is 0 Å². The van der Waals surface area contributed by atoms with Gasteiger partial charge in [0.05, 0.1) is 10.6 Å². The molecule has 1 saturated heterocycles. The summed E-state index contributed by atoms with van der Waals surface area (Å²) >= 11 is 3.48. The summed E-state index contributed by atoms with van der Waals surface area (Å²) in [6.07, 6.45) is 7.20. The Bertz CT molecular complexity index is 1170. The van der Waals surface area contributed by atoms with Crippen LogP contribution in [0, 0.1) is 0 Å². The van der Waals surface area contributed by atoms with E-state index in [1.807, 2.05) is 41.1 Å². The van der Waals surface area contributed by atoms with Crippen molar-refractivity contribution in [2.24, 2.45) is 0 Å². The number of halogens is 1. The molecule has 3 heterocycles. The lowest BCUT2D eigenvalue weighted by molar-refractivity contribution is 0.180. The van der Waals surface area contributed by atoms with Crippen LogP contribution in [0.4, 0.5) is 0 Å². The predicted octanol–water partition coefficient (Wildman–Crippen LogP) is 3.09. The second kappa shape index (κ2) is 7.50. The highest BCUT2D eigenvalue weighted by Gasteiger charge is 2.29. The molecule has 0 atom stereocenters. The molecule has 0 saturated carbocycles. The molecule has 0 amide bonds. The molecule has 6 nitrogen and oxygen atoms in total. The first kappa shape index (κ1) is 19.2. The van der Waals surface area contributed by atoms with Crippen molar-refractivity contribution in [3.05, 3.63) is 64.0 Å². The van der Waals surface area contributed by atoms with Crippen LogP contribution in [0.15, 0.2) is 52.1 Å². The zero-order chi connectivity index (χ0) is 20.0. The number of hydrogen-bond donors (Lipinski definition) is 0. The number of pyridine rings is 1. The Labute approximate surface area is 179 Å². The number of aromatic nitrogens is 2. The normalized spacial score (nSPS) is 18.4. The van der Waals surface area contributed by atoms with Crippen molar-refractivity contribution in [3.63, 3.8) is 0 Å². The Morgan fingerprint density at radius 1 is 0.966 bits per heavy atom. The number of aryl methyl sites for hydroxylation is 2. The van der Waals surface area contributed by atoms with Gasteiger partial charge in [-0.25, -0.2) is 13.4 Å². The van der Waals surface area contributed by atoms with Gasteiger partial charge in [-0.2, -0.15) is 4.31 Å². The smallest absolute Gasteiger partial charge is 0.243 e. The van der Waals surface area contributed by atoms with Gasteiger partial charge >= 0.3 is 0 Å². The summed E-state index contributed by atoms with van der Waals surface area (Å²) in [6.45, 7) is 3.17. The third-order valence-corrected chi connectivity index (χ3v) is 8.25. The van der Waals surface area contributed by atoms with E-state index in [1.54, 1.807) is 10.4 Å². The minimum absolute atomic E-state index is 0.442. The van der Waals surface area contributed by atoms with Crippen LogP contribution in [-0.2, 0) is 29.4 Å². The second-order valence-corrected chi connectivity index (χ2v) is 10.7. The molecule has 1 aliphatic carbocycles. The third-order valence-electron chi connectivity index (χ3n) is 5.89. The molecule has 1 fully saturated rings. The fourth-order valence-corrected chi connectivity index (χ4v) is 6.13. The lowest BCUT2D eigenvalue weighted by atomic mass is 10.1. The van der Waals surface area contributed by atoms with E-state index < -0.39 is 10.0 Å². The van der Waals surface area contributed by atoms with E-state index in [-0.39, 0.29) is 0 Å². The average Bonchev–Trinajstić information content (AvgIpc) is 3.33. The molecule has 5 rings (SSSR count). The molecule has 8 heteroatoms. The van der Waals surface area contributed by atoms with Crippen LogP contribution in [0.5, 0.6) is 0 Å². The van der Waals surface area contributed by atoms with Crippen molar-refractivity contribution >= 4 is 31.6 Å². The quantitative estimate of drug-likeness (QED) is 0.582. The van der Waals surface area contributed by atoms with Crippen LogP contribution >= 0.6 is 15.9 Å². The largest absolute Gasteiger partial charge is 0.306 e. The van der Waals surface area contributed by atoms with E-state index in [0.717, 1.165) is 41.6 Å². The highest BCUT2D eigenvalue weighted by Crippen LogP contribution is 2.27. The third kappa shape index (κ3) is 3.74. The zero-order valence-corrected chi connectivity index (χ0v) is 18.5. The van der Waals surface area contributed by atoms with E-state index in [1.165, 1.54) is 11.1 Å². The van der Waals surface area contributed by atoms with Crippen LogP contribution in [-0.4, -0.2) is 53.2 Å². The molecule has 3 aromatic rings. The van der Waals surface area contributed by atoms with Crippen molar-refractivity contribution in [2.45, 2.75) is 30.7 Å². The minimum atomic E-state index is -3.42. The summed E-state index contributed by atoms with van der Waals surface area (Å²) < 4.78 is 30.8. The fourth-order valence-electron chi connectivity index (χ4n) is 4.31. The molecule has 1 aromatic carbocycles. The Morgan fingerprint density at radius 2 is 1.76 bits per heavy atom. The van der Waals surface area contributed by atoms with Crippen molar-refractivity contribution in [1.82, 2.24) is 18.6 Å². The number of fused-ring (bicyclic) bond motifs is 2. The molecule has 2 aliphatic rings. The Morgan fingerprint density at radius 3 is 2.59 bits per heavy atom. The van der Waals surface area contributed by atoms with Crippen LogP contribution in [0.2, 0.25) is 0 Å². The molecule has 29 heavy (non-hydrogen) atoms. The van der Waals surface area contributed by atoms with Crippen molar-refractivity contribution < 1.29 is 8.42 Å². The van der Waals surface area contributed by atoms with Gasteiger partial charge in [-0.3, -0.25) is 4.90 Å². The first-order valence-electron chi connectivity index (χ1n) is 9.96. The van der Waals surface area contributed by atoms with Crippen LogP contribution in [0.3, 0.4) is 0 Å². The molecule has 2 aromatic heterocycles. The summed E-state index contributed by atoms with van der Waals surface area (Å²) in [5, 5.41) is 0. The number of nitrogens with zero attached hydrogens (tertiary/aromatic N) is 4. The van der Waals surface area contributed by atoms with Crippen LogP contribution in [0.1, 0.15) is 23.2 Å². The molecule has 152 valence electrons. The van der Waals surface area contributed by atoms with E-state index in [2.05, 4.69) is 25.8 Å². The summed E-state index contributed by atoms with van der Waals surface area (Å²) in [4.78, 5) is 7.38. The maximum Gasteiger partial charge on any atom is 0.243 e. The summed E-state index contributed by atoms with van der Waals surface area (Å²) in [5.41, 5.74) is 4.41. The second-order valence-electron chi connectivity index (χ2n) is 7.81. The number of rotatable bonds is 4. The first-order chi connectivity index (χ1) is 14.0. The molecular formula is C21H23BrN4O2S. The van der Waals surface area contributed by atoms with E-state index in [0.29, 0.717) is 31.1 Å². The molecule has 0 unspecified atom stereocenters. The summed E-state index contributed by atoms with van der Waals surface area (Å²) in [7, 11) is -3.42. The highest BCUT2D eigenvalue weighted by molar-refractivity contribution is 9.10. The Balaban J connectivity index is 1.25. The van der Waals surface area contributed by atoms with Crippen molar-refractivity contribution in [3.8, 4) is 0 Å². The number of piperazine rings is 1. The highest BCUT2D eigenvalue weighted by atomic mass is 79.9. The number of sulfonamides is 1. The lowest BCUT2D eigenvalue weighted by Crippen LogP contribution is -2.48. The first-order valence-corrected chi connectivity index (χ1v) is 12.2. The van der Waals surface area contributed by atoms with E-state index >= 15 is 0 Å². The van der Waals surface area contributed by atoms with Crippen molar-refractivity contribution in [2.75, 3.05) is 26.2 Å². The zero-order valence-electron chi connectivity index (χ0n) is 16.1.